The fourth-order valence-corrected chi connectivity index (χ4v) is 5.16. The summed E-state index contributed by atoms with van der Waals surface area (Å²) < 4.78 is 6.77. The van der Waals surface area contributed by atoms with Crippen LogP contribution in [0.2, 0.25) is 0 Å². The van der Waals surface area contributed by atoms with Gasteiger partial charge in [-0.3, -0.25) is 0 Å². The lowest BCUT2D eigenvalue weighted by Gasteiger charge is -2.12. The highest BCUT2D eigenvalue weighted by Crippen LogP contribution is 2.48. The Labute approximate surface area is 125 Å². The van der Waals surface area contributed by atoms with Gasteiger partial charge in [-0.05, 0) is 18.4 Å². The Morgan fingerprint density at radius 2 is 2.20 bits per heavy atom. The van der Waals surface area contributed by atoms with Crippen LogP contribution in [0.5, 0.6) is 0 Å². The third-order valence-corrected chi connectivity index (χ3v) is 5.60. The molecule has 106 valence electrons. The maximum atomic E-state index is 11.4. The van der Waals surface area contributed by atoms with Crippen molar-refractivity contribution < 1.29 is 14.3 Å². The van der Waals surface area contributed by atoms with Gasteiger partial charge in [0.05, 0.1) is 9.90 Å². The zero-order chi connectivity index (χ0) is 14.4. The minimum atomic E-state index is -0.846. The first kappa shape index (κ1) is 13.7. The summed E-state index contributed by atoms with van der Waals surface area (Å²) in [5, 5.41) is 9.79. The lowest BCUT2D eigenvalue weighted by molar-refractivity contribution is 0.0701. The van der Waals surface area contributed by atoms with E-state index in [0.717, 1.165) is 39.6 Å². The summed E-state index contributed by atoms with van der Waals surface area (Å²) in [4.78, 5) is 16.3. The number of aromatic carboxylic acids is 1. The third kappa shape index (κ3) is 2.16. The van der Waals surface area contributed by atoms with E-state index in [1.807, 2.05) is 6.92 Å². The van der Waals surface area contributed by atoms with E-state index in [0.29, 0.717) is 16.0 Å². The van der Waals surface area contributed by atoms with Gasteiger partial charge in [-0.15, -0.1) is 23.1 Å². The van der Waals surface area contributed by atoms with Crippen molar-refractivity contribution in [2.24, 2.45) is 0 Å². The van der Waals surface area contributed by atoms with Gasteiger partial charge in [0, 0.05) is 17.7 Å². The molecule has 0 fully saturated rings. The molecule has 0 radical (unpaired) electrons. The summed E-state index contributed by atoms with van der Waals surface area (Å²) in [7, 11) is 0. The topological polar surface area (TPSA) is 63.3 Å². The van der Waals surface area contributed by atoms with Crippen LogP contribution in [-0.2, 0) is 12.8 Å². The number of fused-ring (bicyclic) bond motifs is 3. The lowest BCUT2D eigenvalue weighted by atomic mass is 9.95. The van der Waals surface area contributed by atoms with Gasteiger partial charge in [0.15, 0.2) is 11.7 Å². The Kier molecular flexibility index (Phi) is 3.38. The van der Waals surface area contributed by atoms with Crippen LogP contribution in [0, 0.1) is 6.92 Å². The van der Waals surface area contributed by atoms with E-state index in [9.17, 15) is 9.90 Å². The molecule has 0 amide bonds. The average molecular weight is 309 g/mol. The minimum Gasteiger partial charge on any atom is -0.477 e. The molecule has 2 aromatic heterocycles. The minimum absolute atomic E-state index is 0.397. The van der Waals surface area contributed by atoms with Crippen molar-refractivity contribution in [2.45, 2.75) is 43.1 Å². The molecule has 0 bridgehead atoms. The van der Waals surface area contributed by atoms with Gasteiger partial charge >= 0.3 is 5.97 Å². The van der Waals surface area contributed by atoms with Gasteiger partial charge in [0.25, 0.3) is 0 Å². The quantitative estimate of drug-likeness (QED) is 0.868. The van der Waals surface area contributed by atoms with Crippen LogP contribution in [0.15, 0.2) is 8.63 Å². The largest absolute Gasteiger partial charge is 0.477 e. The van der Waals surface area contributed by atoms with Gasteiger partial charge in [-0.2, -0.15) is 0 Å². The van der Waals surface area contributed by atoms with Gasteiger partial charge in [-0.25, -0.2) is 9.78 Å². The first-order valence-corrected chi connectivity index (χ1v) is 8.19. The second-order valence-electron chi connectivity index (χ2n) is 5.05. The van der Waals surface area contributed by atoms with E-state index in [-0.39, 0.29) is 0 Å². The standard InChI is InChI=1S/C14H15NO3S2/c1-6(2)19-14-10-8(12(20-14)13(16)17)4-5-9-11(10)18-7(3)15-9/h6H,4-5H2,1-3H3,(H,16,17). The molecular weight excluding hydrogens is 294 g/mol. The second-order valence-corrected chi connectivity index (χ2v) is 7.92. The third-order valence-electron chi connectivity index (χ3n) is 3.15. The summed E-state index contributed by atoms with van der Waals surface area (Å²) in [6, 6.07) is 0. The molecular formula is C14H15NO3S2. The summed E-state index contributed by atoms with van der Waals surface area (Å²) in [5.74, 6) is 0.573. The number of carboxylic acids is 1. The van der Waals surface area contributed by atoms with Crippen molar-refractivity contribution in [3.63, 3.8) is 0 Å². The van der Waals surface area contributed by atoms with Gasteiger partial charge in [0.1, 0.15) is 4.88 Å². The Balaban J connectivity index is 2.22. The zero-order valence-electron chi connectivity index (χ0n) is 11.5. The molecule has 0 unspecified atom stereocenters. The van der Waals surface area contributed by atoms with Gasteiger partial charge in [0.2, 0.25) is 0 Å². The first-order chi connectivity index (χ1) is 9.47. The fraction of sp³-hybridized carbons (Fsp3) is 0.429. The van der Waals surface area contributed by atoms with Crippen LogP contribution in [0.1, 0.15) is 40.7 Å². The van der Waals surface area contributed by atoms with E-state index in [2.05, 4.69) is 18.8 Å². The molecule has 0 spiro atoms. The molecule has 0 atom stereocenters. The van der Waals surface area contributed by atoms with Crippen LogP contribution < -0.4 is 0 Å². The first-order valence-electron chi connectivity index (χ1n) is 6.49. The number of hydrogen-bond donors (Lipinski definition) is 1. The zero-order valence-corrected chi connectivity index (χ0v) is 13.2. The Morgan fingerprint density at radius 3 is 2.85 bits per heavy atom. The molecule has 1 aliphatic rings. The summed E-state index contributed by atoms with van der Waals surface area (Å²) >= 11 is 3.05. The maximum absolute atomic E-state index is 11.4. The van der Waals surface area contributed by atoms with E-state index < -0.39 is 5.97 Å². The number of carbonyl (C=O) groups is 1. The normalized spacial score (nSPS) is 13.4. The summed E-state index contributed by atoms with van der Waals surface area (Å²) in [5.41, 5.74) is 2.83. The Bertz CT molecular complexity index is 685. The molecule has 0 aliphatic heterocycles. The van der Waals surface area contributed by atoms with Crippen molar-refractivity contribution in [2.75, 3.05) is 0 Å². The summed E-state index contributed by atoms with van der Waals surface area (Å²) in [6.45, 7) is 6.04. The van der Waals surface area contributed by atoms with Crippen LogP contribution in [0.25, 0.3) is 11.3 Å². The average Bonchev–Trinajstić information content (AvgIpc) is 2.88. The molecule has 1 N–H and O–H groups in total. The smallest absolute Gasteiger partial charge is 0.346 e. The fourth-order valence-electron chi connectivity index (χ4n) is 2.46. The molecule has 20 heavy (non-hydrogen) atoms. The summed E-state index contributed by atoms with van der Waals surface area (Å²) in [6.07, 6.45) is 1.48. The molecule has 2 heterocycles. The molecule has 0 aromatic carbocycles. The van der Waals surface area contributed by atoms with E-state index in [1.165, 1.54) is 11.3 Å². The van der Waals surface area contributed by atoms with Crippen LogP contribution in [0.4, 0.5) is 0 Å². The second kappa shape index (κ2) is 4.93. The van der Waals surface area contributed by atoms with Gasteiger partial charge < -0.3 is 9.52 Å². The molecule has 4 nitrogen and oxygen atoms in total. The predicted molar refractivity (Wildman–Crippen MR) is 79.9 cm³/mol. The van der Waals surface area contributed by atoms with Gasteiger partial charge in [-0.1, -0.05) is 13.8 Å². The SMILES string of the molecule is Cc1nc2c(o1)-c1c(SC(C)C)sc(C(=O)O)c1CC2. The highest BCUT2D eigenvalue weighted by atomic mass is 32.2. The number of thiophene rings is 1. The predicted octanol–water partition coefficient (Wildman–Crippen LogP) is 4.01. The van der Waals surface area contributed by atoms with E-state index in [4.69, 9.17) is 4.42 Å². The lowest BCUT2D eigenvalue weighted by Crippen LogP contribution is -2.06. The van der Waals surface area contributed by atoms with Crippen molar-refractivity contribution in [1.82, 2.24) is 4.98 Å². The molecule has 0 saturated heterocycles. The molecule has 2 aromatic rings. The number of nitrogens with zero attached hydrogens (tertiary/aromatic N) is 1. The molecule has 0 saturated carbocycles. The van der Waals surface area contributed by atoms with Crippen molar-refractivity contribution >= 4 is 29.1 Å². The molecule has 6 heteroatoms. The number of hydrogen-bond acceptors (Lipinski definition) is 5. The Hall–Kier alpha value is -1.27. The van der Waals surface area contributed by atoms with Crippen molar-refractivity contribution in [3.8, 4) is 11.3 Å². The number of aromatic nitrogens is 1. The Morgan fingerprint density at radius 1 is 1.45 bits per heavy atom. The van der Waals surface area contributed by atoms with Crippen LogP contribution in [0.3, 0.4) is 0 Å². The number of carboxylic acid groups (broad SMARTS) is 1. The molecule has 1 aliphatic carbocycles. The highest BCUT2D eigenvalue weighted by Gasteiger charge is 2.31. The van der Waals surface area contributed by atoms with E-state index in [1.54, 1.807) is 11.8 Å². The molecule has 3 rings (SSSR count). The number of aryl methyl sites for hydroxylation is 2. The van der Waals surface area contributed by atoms with Crippen molar-refractivity contribution in [3.05, 3.63) is 22.0 Å². The maximum Gasteiger partial charge on any atom is 0.346 e. The van der Waals surface area contributed by atoms with Crippen LogP contribution >= 0.6 is 23.1 Å². The number of thioether (sulfide) groups is 1. The monoisotopic (exact) mass is 309 g/mol. The number of oxazole rings is 1. The number of rotatable bonds is 3. The van der Waals surface area contributed by atoms with Crippen LogP contribution in [-0.4, -0.2) is 21.3 Å². The van der Waals surface area contributed by atoms with E-state index >= 15 is 0 Å². The highest BCUT2D eigenvalue weighted by molar-refractivity contribution is 8.01. The van der Waals surface area contributed by atoms with Crippen molar-refractivity contribution in [1.29, 1.82) is 0 Å².